The summed E-state index contributed by atoms with van der Waals surface area (Å²) in [5, 5.41) is 9.23. The van der Waals surface area contributed by atoms with Crippen LogP contribution >= 0.6 is 0 Å². The highest BCUT2D eigenvalue weighted by Gasteiger charge is 2.28. The van der Waals surface area contributed by atoms with Gasteiger partial charge in [0.05, 0.1) is 27.8 Å². The van der Waals surface area contributed by atoms with Crippen molar-refractivity contribution in [2.75, 3.05) is 4.90 Å². The third-order valence-electron chi connectivity index (χ3n) is 15.2. The molecular formula is C70H68N4O. The molecule has 0 radical (unpaired) electrons. The van der Waals surface area contributed by atoms with Gasteiger partial charge in [-0.05, 0) is 126 Å². The van der Waals surface area contributed by atoms with Gasteiger partial charge in [-0.2, -0.15) is 0 Å². The molecule has 0 N–H and O–H groups in total. The molecule has 0 bridgehead atoms. The maximum atomic E-state index is 9.45. The van der Waals surface area contributed by atoms with Gasteiger partial charge in [-0.15, -0.1) is 0 Å². The molecule has 75 heavy (non-hydrogen) atoms. The van der Waals surface area contributed by atoms with Crippen LogP contribution in [0.1, 0.15) is 101 Å². The van der Waals surface area contributed by atoms with Crippen LogP contribution in [0.5, 0.6) is 11.5 Å². The van der Waals surface area contributed by atoms with Crippen LogP contribution in [0.2, 0.25) is 0 Å². The molecule has 4 heterocycles. The van der Waals surface area contributed by atoms with Gasteiger partial charge in [0.25, 0.3) is 0 Å². The minimum absolute atomic E-state index is 0.0414. The number of aromatic nitrogens is 3. The zero-order chi connectivity index (χ0) is 53.9. The summed E-state index contributed by atoms with van der Waals surface area (Å²) in [6.07, 6.45) is 0.377. The Labute approximate surface area is 445 Å². The van der Waals surface area contributed by atoms with Crippen molar-refractivity contribution in [3.63, 3.8) is 0 Å². The fraction of sp³-hybridized carbons (Fsp3) is 0.243. The van der Waals surface area contributed by atoms with Gasteiger partial charge in [0.2, 0.25) is 0 Å². The van der Waals surface area contributed by atoms with Crippen molar-refractivity contribution in [3.8, 4) is 28.4 Å². The third-order valence-corrected chi connectivity index (χ3v) is 15.2. The molecule has 0 unspecified atom stereocenters. The third kappa shape index (κ3) is 8.57. The van der Waals surface area contributed by atoms with E-state index in [4.69, 9.17) is 9.72 Å². The number of ether oxygens (including phenoxy) is 1. The molecule has 0 saturated carbocycles. The lowest BCUT2D eigenvalue weighted by Gasteiger charge is -2.26. The summed E-state index contributed by atoms with van der Waals surface area (Å²) >= 11 is 0. The van der Waals surface area contributed by atoms with Crippen molar-refractivity contribution in [1.29, 1.82) is 0 Å². The van der Waals surface area contributed by atoms with E-state index >= 15 is 0 Å². The molecule has 3 aromatic heterocycles. The van der Waals surface area contributed by atoms with Gasteiger partial charge < -0.3 is 14.2 Å². The molecule has 1 aliphatic rings. The first-order valence-electron chi connectivity index (χ1n) is 27.7. The van der Waals surface area contributed by atoms with Crippen LogP contribution in [0.25, 0.3) is 82.1 Å². The van der Waals surface area contributed by atoms with E-state index in [0.717, 1.165) is 94.6 Å². The minimum Gasteiger partial charge on any atom is -0.457 e. The van der Waals surface area contributed by atoms with Crippen LogP contribution in [0, 0.1) is 5.92 Å². The van der Waals surface area contributed by atoms with Crippen molar-refractivity contribution >= 4 is 76.5 Å². The van der Waals surface area contributed by atoms with E-state index in [2.05, 4.69) is 252 Å². The molecular weight excluding hydrogens is 913 g/mol. The van der Waals surface area contributed by atoms with Crippen LogP contribution in [-0.2, 0) is 29.3 Å². The smallest absolute Gasteiger partial charge is 0.137 e. The van der Waals surface area contributed by atoms with Gasteiger partial charge in [0, 0.05) is 53.9 Å². The van der Waals surface area contributed by atoms with Crippen molar-refractivity contribution in [1.82, 2.24) is 14.1 Å². The summed E-state index contributed by atoms with van der Waals surface area (Å²) < 4.78 is 30.8. The quantitative estimate of drug-likeness (QED) is 0.160. The Kier molecular flexibility index (Phi) is 10.9. The molecule has 0 saturated heterocycles. The molecule has 0 fully saturated rings. The van der Waals surface area contributed by atoms with Crippen LogP contribution < -0.4 is 9.64 Å². The highest BCUT2D eigenvalue weighted by molar-refractivity contribution is 6.22. The lowest BCUT2D eigenvalue weighted by Crippen LogP contribution is -2.17. The topological polar surface area (TPSA) is 35.2 Å². The standard InChI is InChI=1S/C70H68N4O/c1-44(2)34-45-35-46(37-48(36-45)69(6,7)8)53-25-18-26-60-56-22-14-12-20-54(56)55-21-13-15-23-57(55)61-27-19-29-63-67(61)73(66(53)60)43-72(63)50-38-49(70(9,10)11)39-52(41-50)75-51-30-31-59-58-24-16-17-28-62(58)74(64(59)42-51)65-40-47(32-33-71-65)68(3,4)5/h12-33,35-42,44H,34,43H2,1-11H3/i34D2. The van der Waals surface area contributed by atoms with Gasteiger partial charge in [0.1, 0.15) is 24.0 Å². The number of anilines is 2. The summed E-state index contributed by atoms with van der Waals surface area (Å²) in [5.41, 5.74) is 12.2. The zero-order valence-corrected chi connectivity index (χ0v) is 45.3. The molecule has 0 atom stereocenters. The molecule has 5 heteroatoms. The number of pyridine rings is 1. The first kappa shape index (κ1) is 45.7. The van der Waals surface area contributed by atoms with Gasteiger partial charge in [-0.1, -0.05) is 191 Å². The van der Waals surface area contributed by atoms with Crippen LogP contribution in [0.4, 0.5) is 11.4 Å². The summed E-state index contributed by atoms with van der Waals surface area (Å²) in [4.78, 5) is 7.41. The number of hydrogen-bond acceptors (Lipinski definition) is 3. The number of nitrogens with zero attached hydrogens (tertiary/aromatic N) is 4. The number of hydrogen-bond donors (Lipinski definition) is 0. The van der Waals surface area contributed by atoms with E-state index in [-0.39, 0.29) is 22.2 Å². The molecule has 374 valence electrons. The monoisotopic (exact) mass is 983 g/mol. The second kappa shape index (κ2) is 17.9. The molecule has 11 aromatic rings. The highest BCUT2D eigenvalue weighted by Crippen LogP contribution is 2.47. The number of benzene rings is 8. The van der Waals surface area contributed by atoms with Crippen LogP contribution in [0.3, 0.4) is 0 Å². The Bertz CT molecular complexity index is 4250. The number of para-hydroxylation sites is 3. The molecule has 8 aromatic carbocycles. The fourth-order valence-corrected chi connectivity index (χ4v) is 11.4. The molecule has 1 aliphatic heterocycles. The molecule has 0 spiro atoms. The number of fused-ring (bicyclic) bond motifs is 10. The molecule has 0 aliphatic carbocycles. The Morgan fingerprint density at radius 3 is 1.76 bits per heavy atom. The van der Waals surface area contributed by atoms with E-state index in [1.165, 1.54) is 27.1 Å². The van der Waals surface area contributed by atoms with E-state index in [1.807, 2.05) is 20.0 Å². The molecule has 5 nitrogen and oxygen atoms in total. The Morgan fingerprint density at radius 1 is 0.507 bits per heavy atom. The highest BCUT2D eigenvalue weighted by atomic mass is 16.5. The summed E-state index contributed by atoms with van der Waals surface area (Å²) in [6, 6.07) is 63.8. The van der Waals surface area contributed by atoms with Crippen molar-refractivity contribution in [2.24, 2.45) is 5.92 Å². The fourth-order valence-electron chi connectivity index (χ4n) is 11.4. The average Bonchev–Trinajstić information content (AvgIpc) is 4.00. The van der Waals surface area contributed by atoms with Crippen LogP contribution in [-0.4, -0.2) is 14.1 Å². The predicted octanol–water partition coefficient (Wildman–Crippen LogP) is 19.4. The largest absolute Gasteiger partial charge is 0.457 e. The maximum absolute atomic E-state index is 9.45. The van der Waals surface area contributed by atoms with E-state index < -0.39 is 6.37 Å². The first-order chi connectivity index (χ1) is 36.6. The summed E-state index contributed by atoms with van der Waals surface area (Å²) in [5.74, 6) is 2.15. The van der Waals surface area contributed by atoms with Crippen molar-refractivity contribution in [3.05, 3.63) is 204 Å². The van der Waals surface area contributed by atoms with Crippen LogP contribution in [0.15, 0.2) is 182 Å². The lowest BCUT2D eigenvalue weighted by molar-refractivity contribution is 0.479. The second-order valence-electron chi connectivity index (χ2n) is 24.1. The van der Waals surface area contributed by atoms with Crippen molar-refractivity contribution < 1.29 is 7.48 Å². The average molecular weight is 983 g/mol. The van der Waals surface area contributed by atoms with Gasteiger partial charge >= 0.3 is 0 Å². The number of rotatable bonds is 7. The van der Waals surface area contributed by atoms with Gasteiger partial charge in [-0.25, -0.2) is 4.98 Å². The Balaban J connectivity index is 1.10. The zero-order valence-electron chi connectivity index (χ0n) is 47.3. The van der Waals surface area contributed by atoms with Gasteiger partial charge in [-0.3, -0.25) is 4.57 Å². The first-order valence-corrected chi connectivity index (χ1v) is 26.7. The van der Waals surface area contributed by atoms with Crippen molar-refractivity contribution in [2.45, 2.75) is 105 Å². The Morgan fingerprint density at radius 2 is 1.09 bits per heavy atom. The summed E-state index contributed by atoms with van der Waals surface area (Å²) in [7, 11) is 0. The Hall–Kier alpha value is -7.89. The maximum Gasteiger partial charge on any atom is 0.137 e. The normalized spacial score (nSPS) is 13.7. The molecule has 12 rings (SSSR count). The van der Waals surface area contributed by atoms with E-state index in [0.29, 0.717) is 12.2 Å². The van der Waals surface area contributed by atoms with E-state index in [1.54, 1.807) is 0 Å². The molecule has 0 amide bonds. The van der Waals surface area contributed by atoms with E-state index in [9.17, 15) is 2.74 Å². The second-order valence-corrected chi connectivity index (χ2v) is 24.1. The summed E-state index contributed by atoms with van der Waals surface area (Å²) in [6.45, 7) is 24.7. The minimum atomic E-state index is -1.55. The SMILES string of the molecule is [2H]C([2H])(c1cc(-c2cccc3c4ccccc4c4ccccc4c4cccc5c4n(c23)CN5c2cc(Oc3ccc4c5ccccc5n(-c5cc(C(C)(C)C)ccn5)c4c3)cc(C(C)(C)C)c2)cc(C(C)(C)C)c1)C(C)C. The lowest BCUT2D eigenvalue weighted by atomic mass is 9.83. The predicted molar refractivity (Wildman–Crippen MR) is 319 cm³/mol. The van der Waals surface area contributed by atoms with Gasteiger partial charge in [0.15, 0.2) is 0 Å².